The van der Waals surface area contributed by atoms with E-state index in [9.17, 15) is 8.42 Å². The molecule has 0 saturated heterocycles. The van der Waals surface area contributed by atoms with Gasteiger partial charge in [-0.15, -0.1) is 0 Å². The third-order valence-corrected chi connectivity index (χ3v) is 4.83. The fraction of sp³-hybridized carbons (Fsp3) is 0.417. The highest BCUT2D eigenvalue weighted by atomic mass is 35.7. The van der Waals surface area contributed by atoms with Gasteiger partial charge in [0.1, 0.15) is 5.65 Å². The van der Waals surface area contributed by atoms with Gasteiger partial charge < -0.3 is 0 Å². The standard InChI is InChI=1S/C12H13ClN2O2S/c1-8-3-6-15-9(7-8)14-10(12(2)4-5-12)11(15)18(13,16)17/h3,6-7H,4-5H2,1-2H3. The summed E-state index contributed by atoms with van der Waals surface area (Å²) in [5.74, 6) is 0. The fourth-order valence-corrected chi connectivity index (χ4v) is 3.53. The van der Waals surface area contributed by atoms with Gasteiger partial charge in [-0.3, -0.25) is 4.40 Å². The first-order chi connectivity index (χ1) is 8.31. The van der Waals surface area contributed by atoms with Crippen molar-refractivity contribution >= 4 is 25.4 Å². The molecule has 1 fully saturated rings. The van der Waals surface area contributed by atoms with Crippen LogP contribution in [0.15, 0.2) is 23.4 Å². The summed E-state index contributed by atoms with van der Waals surface area (Å²) in [6.45, 7) is 3.97. The average molecular weight is 285 g/mol. The van der Waals surface area contributed by atoms with Crippen LogP contribution in [0.1, 0.15) is 31.0 Å². The van der Waals surface area contributed by atoms with Crippen LogP contribution in [0.3, 0.4) is 0 Å². The molecule has 0 aliphatic heterocycles. The van der Waals surface area contributed by atoms with Crippen LogP contribution in [-0.2, 0) is 14.5 Å². The smallest absolute Gasteiger partial charge is 0.279 e. The molecule has 0 N–H and O–H groups in total. The Labute approximate surface area is 110 Å². The van der Waals surface area contributed by atoms with E-state index >= 15 is 0 Å². The van der Waals surface area contributed by atoms with Crippen LogP contribution in [0, 0.1) is 6.92 Å². The molecule has 0 radical (unpaired) electrons. The summed E-state index contributed by atoms with van der Waals surface area (Å²) in [5.41, 5.74) is 2.14. The van der Waals surface area contributed by atoms with E-state index in [0.717, 1.165) is 18.4 Å². The van der Waals surface area contributed by atoms with Gasteiger partial charge in [-0.1, -0.05) is 6.92 Å². The molecule has 0 bridgehead atoms. The maximum atomic E-state index is 11.8. The van der Waals surface area contributed by atoms with Gasteiger partial charge >= 0.3 is 0 Å². The van der Waals surface area contributed by atoms with E-state index in [1.54, 1.807) is 10.6 Å². The number of hydrogen-bond acceptors (Lipinski definition) is 3. The SMILES string of the molecule is Cc1ccn2c(S(=O)(=O)Cl)c(C3(C)CC3)nc2c1. The van der Waals surface area contributed by atoms with Gasteiger partial charge in [0.2, 0.25) is 0 Å². The van der Waals surface area contributed by atoms with E-state index in [4.69, 9.17) is 10.7 Å². The molecule has 0 amide bonds. The predicted octanol–water partition coefficient (Wildman–Crippen LogP) is 2.62. The number of fused-ring (bicyclic) bond motifs is 1. The lowest BCUT2D eigenvalue weighted by atomic mass is 10.1. The highest BCUT2D eigenvalue weighted by molar-refractivity contribution is 8.13. The molecule has 4 nitrogen and oxygen atoms in total. The zero-order valence-corrected chi connectivity index (χ0v) is 11.7. The van der Waals surface area contributed by atoms with Crippen LogP contribution in [0.25, 0.3) is 5.65 Å². The van der Waals surface area contributed by atoms with Gasteiger partial charge in [-0.05, 0) is 37.5 Å². The molecule has 1 aliphatic rings. The summed E-state index contributed by atoms with van der Waals surface area (Å²) >= 11 is 0. The van der Waals surface area contributed by atoms with Crippen LogP contribution < -0.4 is 0 Å². The Morgan fingerprint density at radius 3 is 2.67 bits per heavy atom. The topological polar surface area (TPSA) is 51.4 Å². The molecule has 0 spiro atoms. The minimum Gasteiger partial charge on any atom is -0.289 e. The quantitative estimate of drug-likeness (QED) is 0.797. The lowest BCUT2D eigenvalue weighted by molar-refractivity contribution is 0.599. The van der Waals surface area contributed by atoms with Gasteiger partial charge in [-0.25, -0.2) is 13.4 Å². The molecule has 2 aromatic rings. The Hall–Kier alpha value is -1.07. The lowest BCUT2D eigenvalue weighted by Crippen LogP contribution is -2.08. The van der Waals surface area contributed by atoms with Crippen molar-refractivity contribution in [2.75, 3.05) is 0 Å². The Kier molecular flexibility index (Phi) is 2.32. The minimum absolute atomic E-state index is 0.124. The second kappa shape index (κ2) is 3.48. The first-order valence-corrected chi connectivity index (χ1v) is 8.06. The molecule has 1 saturated carbocycles. The van der Waals surface area contributed by atoms with Crippen molar-refractivity contribution in [2.24, 2.45) is 0 Å². The average Bonchev–Trinajstić information content (AvgIpc) is 2.87. The molecule has 2 heterocycles. The third kappa shape index (κ3) is 1.73. The molecule has 1 aliphatic carbocycles. The molecule has 3 rings (SSSR count). The lowest BCUT2D eigenvalue weighted by Gasteiger charge is -2.06. The summed E-state index contributed by atoms with van der Waals surface area (Å²) in [6, 6.07) is 3.71. The maximum Gasteiger partial charge on any atom is 0.279 e. The molecule has 0 unspecified atom stereocenters. The van der Waals surface area contributed by atoms with Crippen LogP contribution in [0.4, 0.5) is 0 Å². The third-order valence-electron chi connectivity index (χ3n) is 3.54. The second-order valence-electron chi connectivity index (χ2n) is 5.20. The summed E-state index contributed by atoms with van der Waals surface area (Å²) in [4.78, 5) is 4.47. The molecule has 0 aromatic carbocycles. The van der Waals surface area contributed by atoms with E-state index in [1.807, 2.05) is 26.0 Å². The maximum absolute atomic E-state index is 11.8. The predicted molar refractivity (Wildman–Crippen MR) is 69.6 cm³/mol. The zero-order valence-electron chi connectivity index (χ0n) is 10.1. The largest absolute Gasteiger partial charge is 0.289 e. The number of hydrogen-bond donors (Lipinski definition) is 0. The Morgan fingerprint density at radius 2 is 2.11 bits per heavy atom. The Balaban J connectivity index is 2.42. The number of halogens is 1. The van der Waals surface area contributed by atoms with Crippen molar-refractivity contribution in [3.05, 3.63) is 29.6 Å². The number of pyridine rings is 1. The fourth-order valence-electron chi connectivity index (χ4n) is 2.17. The summed E-state index contributed by atoms with van der Waals surface area (Å²) in [6.07, 6.45) is 3.62. The molecular weight excluding hydrogens is 272 g/mol. The normalized spacial score (nSPS) is 18.2. The summed E-state index contributed by atoms with van der Waals surface area (Å²) in [5, 5.41) is 0.124. The van der Waals surface area contributed by atoms with Gasteiger partial charge in [0.05, 0.1) is 5.69 Å². The van der Waals surface area contributed by atoms with E-state index in [0.29, 0.717) is 11.3 Å². The number of aryl methyl sites for hydroxylation is 1. The minimum atomic E-state index is -3.80. The number of imidazole rings is 1. The first kappa shape index (κ1) is 12.0. The van der Waals surface area contributed by atoms with Crippen LogP contribution >= 0.6 is 10.7 Å². The van der Waals surface area contributed by atoms with Crippen molar-refractivity contribution in [1.82, 2.24) is 9.38 Å². The second-order valence-corrected chi connectivity index (χ2v) is 7.68. The van der Waals surface area contributed by atoms with Crippen molar-refractivity contribution in [3.8, 4) is 0 Å². The van der Waals surface area contributed by atoms with E-state index in [2.05, 4.69) is 4.98 Å². The van der Waals surface area contributed by atoms with E-state index < -0.39 is 9.05 Å². The van der Waals surface area contributed by atoms with E-state index in [1.165, 1.54) is 0 Å². The van der Waals surface area contributed by atoms with Crippen LogP contribution in [0.5, 0.6) is 0 Å². The van der Waals surface area contributed by atoms with Crippen LogP contribution in [0.2, 0.25) is 0 Å². The monoisotopic (exact) mass is 284 g/mol. The highest BCUT2D eigenvalue weighted by Gasteiger charge is 2.45. The van der Waals surface area contributed by atoms with Gasteiger partial charge in [0, 0.05) is 22.3 Å². The summed E-state index contributed by atoms with van der Waals surface area (Å²) in [7, 11) is 1.77. The van der Waals surface area contributed by atoms with Crippen molar-refractivity contribution in [2.45, 2.75) is 37.1 Å². The van der Waals surface area contributed by atoms with Crippen molar-refractivity contribution in [3.63, 3.8) is 0 Å². The Bertz CT molecular complexity index is 745. The van der Waals surface area contributed by atoms with Gasteiger partial charge in [0.25, 0.3) is 9.05 Å². The molecule has 2 aromatic heterocycles. The van der Waals surface area contributed by atoms with Gasteiger partial charge in [-0.2, -0.15) is 0 Å². The number of rotatable bonds is 2. The highest BCUT2D eigenvalue weighted by Crippen LogP contribution is 2.49. The number of aromatic nitrogens is 2. The molecular formula is C12H13ClN2O2S. The zero-order chi connectivity index (χ0) is 13.1. The van der Waals surface area contributed by atoms with Crippen molar-refractivity contribution in [1.29, 1.82) is 0 Å². The molecule has 0 atom stereocenters. The first-order valence-electron chi connectivity index (χ1n) is 5.75. The molecule has 18 heavy (non-hydrogen) atoms. The van der Waals surface area contributed by atoms with Crippen LogP contribution in [-0.4, -0.2) is 17.8 Å². The van der Waals surface area contributed by atoms with E-state index in [-0.39, 0.29) is 10.4 Å². The Morgan fingerprint density at radius 1 is 1.44 bits per heavy atom. The molecule has 6 heteroatoms. The van der Waals surface area contributed by atoms with Gasteiger partial charge in [0.15, 0.2) is 5.03 Å². The molecule has 96 valence electrons. The van der Waals surface area contributed by atoms with Crippen molar-refractivity contribution < 1.29 is 8.42 Å². The summed E-state index contributed by atoms with van der Waals surface area (Å²) < 4.78 is 25.1. The number of nitrogens with zero attached hydrogens (tertiary/aromatic N) is 2.